The van der Waals surface area contributed by atoms with E-state index >= 15 is 0 Å². The number of unbranched alkanes of at least 4 members (excludes halogenated alkanes) is 6. The van der Waals surface area contributed by atoms with E-state index in [1.807, 2.05) is 0 Å². The molecule has 0 unspecified atom stereocenters. The van der Waals surface area contributed by atoms with Gasteiger partial charge in [-0.15, -0.1) is 0 Å². The second-order valence-electron chi connectivity index (χ2n) is 10.1. The van der Waals surface area contributed by atoms with Gasteiger partial charge in [-0.3, -0.25) is 19.3 Å². The van der Waals surface area contributed by atoms with Crippen molar-refractivity contribution in [2.75, 3.05) is 31.0 Å². The van der Waals surface area contributed by atoms with E-state index in [-0.39, 0.29) is 22.7 Å². The molecule has 2 aromatic carbocycles. The van der Waals surface area contributed by atoms with Crippen molar-refractivity contribution in [1.29, 1.82) is 0 Å². The maximum Gasteiger partial charge on any atom is 0.264 e. The molecule has 0 saturated carbocycles. The second kappa shape index (κ2) is 14.3. The molecular formula is C30H40N2O7S. The maximum atomic E-state index is 13.7. The summed E-state index contributed by atoms with van der Waals surface area (Å²) in [5.74, 6) is -1.17. The summed E-state index contributed by atoms with van der Waals surface area (Å²) in [5, 5.41) is 2.80. The van der Waals surface area contributed by atoms with E-state index in [9.17, 15) is 22.8 Å². The summed E-state index contributed by atoms with van der Waals surface area (Å²) in [6.45, 7) is 4.31. The largest absolute Gasteiger partial charge is 0.493 e. The number of nitrogens with one attached hydrogen (secondary N) is 1. The Morgan fingerprint density at radius 1 is 0.950 bits per heavy atom. The lowest BCUT2D eigenvalue weighted by molar-refractivity contribution is -0.116. The van der Waals surface area contributed by atoms with Gasteiger partial charge in [0, 0.05) is 12.7 Å². The Labute approximate surface area is 237 Å². The van der Waals surface area contributed by atoms with Crippen LogP contribution in [0.4, 0.5) is 5.69 Å². The molecule has 9 nitrogen and oxygen atoms in total. The summed E-state index contributed by atoms with van der Waals surface area (Å²) in [7, 11) is -2.14. The van der Waals surface area contributed by atoms with Crippen molar-refractivity contribution in [2.24, 2.45) is 0 Å². The van der Waals surface area contributed by atoms with Crippen molar-refractivity contribution in [2.45, 2.75) is 71.3 Å². The van der Waals surface area contributed by atoms with Gasteiger partial charge in [0.1, 0.15) is 9.84 Å². The molecule has 40 heavy (non-hydrogen) atoms. The van der Waals surface area contributed by atoms with Crippen LogP contribution in [0.5, 0.6) is 11.5 Å². The van der Waals surface area contributed by atoms with Crippen LogP contribution in [0.2, 0.25) is 0 Å². The van der Waals surface area contributed by atoms with Gasteiger partial charge in [0.25, 0.3) is 11.8 Å². The number of anilines is 1. The fraction of sp³-hybridized carbons (Fsp3) is 0.500. The maximum absolute atomic E-state index is 13.7. The molecule has 0 aromatic heterocycles. The molecule has 0 radical (unpaired) electrons. The number of benzene rings is 2. The summed E-state index contributed by atoms with van der Waals surface area (Å²) >= 11 is 0. The van der Waals surface area contributed by atoms with Gasteiger partial charge in [0.2, 0.25) is 5.91 Å². The number of methoxy groups -OCH3 is 1. The third kappa shape index (κ3) is 7.84. The van der Waals surface area contributed by atoms with Crippen LogP contribution in [0.15, 0.2) is 36.4 Å². The third-order valence-electron chi connectivity index (χ3n) is 6.87. The minimum atomic E-state index is -3.62. The summed E-state index contributed by atoms with van der Waals surface area (Å²) in [4.78, 5) is 40.9. The van der Waals surface area contributed by atoms with E-state index in [0.717, 1.165) is 36.8 Å². The van der Waals surface area contributed by atoms with Crippen molar-refractivity contribution in [3.8, 4) is 11.5 Å². The van der Waals surface area contributed by atoms with Crippen molar-refractivity contribution >= 4 is 33.2 Å². The van der Waals surface area contributed by atoms with E-state index < -0.39 is 33.4 Å². The molecule has 0 bridgehead atoms. The molecule has 1 heterocycles. The summed E-state index contributed by atoms with van der Waals surface area (Å²) in [6.07, 6.45) is 8.90. The minimum Gasteiger partial charge on any atom is -0.493 e. The zero-order valence-corrected chi connectivity index (χ0v) is 24.6. The second-order valence-corrected chi connectivity index (χ2v) is 12.3. The van der Waals surface area contributed by atoms with E-state index in [1.54, 1.807) is 37.3 Å². The Kier molecular flexibility index (Phi) is 11.1. The number of hydrogen-bond donors (Lipinski definition) is 1. The minimum absolute atomic E-state index is 0.0671. The van der Waals surface area contributed by atoms with Crippen LogP contribution in [-0.2, 0) is 14.6 Å². The van der Waals surface area contributed by atoms with E-state index in [0.29, 0.717) is 30.1 Å². The molecule has 0 fully saturated rings. The van der Waals surface area contributed by atoms with Gasteiger partial charge in [-0.2, -0.15) is 0 Å². The smallest absolute Gasteiger partial charge is 0.264 e. The number of sulfone groups is 1. The fourth-order valence-corrected chi connectivity index (χ4v) is 5.84. The highest BCUT2D eigenvalue weighted by molar-refractivity contribution is 7.90. The first-order chi connectivity index (χ1) is 19.1. The molecule has 10 heteroatoms. The molecule has 3 amide bonds. The van der Waals surface area contributed by atoms with E-state index in [4.69, 9.17) is 9.47 Å². The van der Waals surface area contributed by atoms with Crippen LogP contribution in [0.25, 0.3) is 0 Å². The Morgan fingerprint density at radius 2 is 1.65 bits per heavy atom. The highest BCUT2D eigenvalue weighted by Gasteiger charge is 2.43. The quantitative estimate of drug-likeness (QED) is 0.207. The normalized spacial score (nSPS) is 13.8. The summed E-state index contributed by atoms with van der Waals surface area (Å²) in [6, 6.07) is 8.41. The van der Waals surface area contributed by atoms with Crippen LogP contribution in [0.3, 0.4) is 0 Å². The molecule has 1 aliphatic rings. The van der Waals surface area contributed by atoms with Crippen molar-refractivity contribution in [3.63, 3.8) is 0 Å². The Balaban J connectivity index is 1.84. The van der Waals surface area contributed by atoms with Crippen LogP contribution >= 0.6 is 0 Å². The number of carbonyl (C=O) groups excluding carboxylic acids is 3. The van der Waals surface area contributed by atoms with Gasteiger partial charge < -0.3 is 14.8 Å². The molecule has 1 N–H and O–H groups in total. The standard InChI is InChI=1S/C30H40N2O7S/c1-5-7-8-9-10-11-12-16-27(33)31-23-15-13-14-22-28(23)30(35)32(29(22)34)24(20-40(4,36)37)21-17-18-25(38-3)26(19-21)39-6-2/h13-15,17-19,24H,5-12,16,20H2,1-4H3,(H,31,33)/t24-/m1/s1. The number of carbonyl (C=O) groups is 3. The molecule has 0 saturated heterocycles. The van der Waals surface area contributed by atoms with Crippen molar-refractivity contribution < 1.29 is 32.3 Å². The third-order valence-corrected chi connectivity index (χ3v) is 7.79. The van der Waals surface area contributed by atoms with E-state index in [1.165, 1.54) is 32.4 Å². The van der Waals surface area contributed by atoms with Gasteiger partial charge in [-0.1, -0.05) is 57.6 Å². The van der Waals surface area contributed by atoms with Gasteiger partial charge >= 0.3 is 0 Å². The first-order valence-corrected chi connectivity index (χ1v) is 16.0. The number of nitrogens with zero attached hydrogens (tertiary/aromatic N) is 1. The molecule has 0 aliphatic carbocycles. The molecule has 218 valence electrons. The summed E-state index contributed by atoms with van der Waals surface area (Å²) < 4.78 is 35.9. The number of amides is 3. The lowest BCUT2D eigenvalue weighted by atomic mass is 10.1. The molecule has 0 spiro atoms. The predicted octanol–water partition coefficient (Wildman–Crippen LogP) is 5.56. The van der Waals surface area contributed by atoms with Gasteiger partial charge in [0.15, 0.2) is 11.5 Å². The number of imide groups is 1. The zero-order valence-electron chi connectivity index (χ0n) is 23.8. The van der Waals surface area contributed by atoms with Crippen molar-refractivity contribution in [1.82, 2.24) is 4.90 Å². The van der Waals surface area contributed by atoms with Crippen LogP contribution < -0.4 is 14.8 Å². The first kappa shape index (κ1) is 31.1. The highest BCUT2D eigenvalue weighted by Crippen LogP contribution is 2.38. The van der Waals surface area contributed by atoms with Gasteiger partial charge in [0.05, 0.1) is 42.3 Å². The number of hydrogen-bond acceptors (Lipinski definition) is 7. The molecule has 1 aliphatic heterocycles. The van der Waals surface area contributed by atoms with E-state index in [2.05, 4.69) is 12.2 Å². The van der Waals surface area contributed by atoms with Crippen LogP contribution in [0.1, 0.15) is 97.5 Å². The Hall–Kier alpha value is -3.40. The number of rotatable bonds is 16. The molecule has 3 rings (SSSR count). The average Bonchev–Trinajstić information content (AvgIpc) is 3.16. The topological polar surface area (TPSA) is 119 Å². The van der Waals surface area contributed by atoms with Gasteiger partial charge in [-0.25, -0.2) is 8.42 Å². The lowest BCUT2D eigenvalue weighted by Crippen LogP contribution is -2.37. The fourth-order valence-electron chi connectivity index (χ4n) is 4.92. The van der Waals surface area contributed by atoms with Crippen LogP contribution in [0, 0.1) is 0 Å². The molecule has 2 aromatic rings. The van der Waals surface area contributed by atoms with Crippen LogP contribution in [-0.4, -0.2) is 56.8 Å². The Bertz CT molecular complexity index is 1320. The zero-order chi connectivity index (χ0) is 29.3. The monoisotopic (exact) mass is 572 g/mol. The predicted molar refractivity (Wildman–Crippen MR) is 155 cm³/mol. The lowest BCUT2D eigenvalue weighted by Gasteiger charge is -2.27. The molecule has 1 atom stereocenters. The summed E-state index contributed by atoms with van der Waals surface area (Å²) in [5.41, 5.74) is 0.844. The number of ether oxygens (including phenoxy) is 2. The van der Waals surface area contributed by atoms with Gasteiger partial charge in [-0.05, 0) is 43.2 Å². The first-order valence-electron chi connectivity index (χ1n) is 13.9. The Morgan fingerprint density at radius 3 is 2.30 bits per heavy atom. The molecular weight excluding hydrogens is 532 g/mol. The number of fused-ring (bicyclic) bond motifs is 1. The highest BCUT2D eigenvalue weighted by atomic mass is 32.2. The van der Waals surface area contributed by atoms with Crippen molar-refractivity contribution in [3.05, 3.63) is 53.1 Å². The SMILES string of the molecule is CCCCCCCCCC(=O)Nc1cccc2c1C(=O)N([C@H](CS(C)(=O)=O)c1ccc(OC)c(OCC)c1)C2=O. The average molecular weight is 573 g/mol.